The van der Waals surface area contributed by atoms with Gasteiger partial charge in [-0.1, -0.05) is 24.3 Å². The molecule has 2 aromatic rings. The van der Waals surface area contributed by atoms with Crippen molar-refractivity contribution in [3.05, 3.63) is 58.7 Å². The third-order valence-corrected chi connectivity index (χ3v) is 3.93. The molecule has 0 atom stereocenters. The maximum Gasteiger partial charge on any atom is 0.0929 e. The zero-order valence-corrected chi connectivity index (χ0v) is 13.0. The Labute approximate surface area is 122 Å². The predicted molar refractivity (Wildman–Crippen MR) is 85.8 cm³/mol. The molecule has 0 saturated carbocycles. The summed E-state index contributed by atoms with van der Waals surface area (Å²) in [5.74, 6) is 0. The van der Waals surface area contributed by atoms with Crippen molar-refractivity contribution in [1.82, 2.24) is 9.97 Å². The van der Waals surface area contributed by atoms with Gasteiger partial charge in [-0.2, -0.15) is 0 Å². The van der Waals surface area contributed by atoms with Crippen molar-refractivity contribution < 1.29 is 0 Å². The van der Waals surface area contributed by atoms with Crippen LogP contribution in [0.3, 0.4) is 0 Å². The largest absolute Gasteiger partial charge is 0.348 e. The van der Waals surface area contributed by atoms with Gasteiger partial charge in [-0.3, -0.25) is 0 Å². The number of aromatic nitrogens is 2. The van der Waals surface area contributed by atoms with Gasteiger partial charge in [-0.15, -0.1) is 0 Å². The second-order valence-corrected chi connectivity index (χ2v) is 5.53. The summed E-state index contributed by atoms with van der Waals surface area (Å²) in [5, 5.41) is 0. The molecule has 0 saturated heterocycles. The Morgan fingerprint density at radius 2 is 1.90 bits per heavy atom. The van der Waals surface area contributed by atoms with Crippen molar-refractivity contribution in [3.63, 3.8) is 0 Å². The number of aryl methyl sites for hydroxylation is 3. The number of H-pyrrole nitrogens is 1. The normalized spacial score (nSPS) is 11.9. The van der Waals surface area contributed by atoms with E-state index in [1.807, 2.05) is 0 Å². The van der Waals surface area contributed by atoms with Gasteiger partial charge in [0.25, 0.3) is 0 Å². The molecule has 1 heterocycles. The number of aromatic amines is 1. The highest BCUT2D eigenvalue weighted by Gasteiger charge is 2.03. The number of hydrogen-bond acceptors (Lipinski definition) is 1. The van der Waals surface area contributed by atoms with Gasteiger partial charge in [-0.25, -0.2) is 4.98 Å². The summed E-state index contributed by atoms with van der Waals surface area (Å²) in [5.41, 5.74) is 7.84. The molecule has 0 spiro atoms. The Morgan fingerprint density at radius 3 is 2.50 bits per heavy atom. The third kappa shape index (κ3) is 3.38. The standard InChI is InChI=1S/C18H24N2/c1-13-9-7-10-14(2)17(13)11-6-5-8-15(3)18-16(4)19-12-20-18/h7-10,12H,5-6,11H2,1-4H3,(H,19,20). The highest BCUT2D eigenvalue weighted by molar-refractivity contribution is 5.61. The van der Waals surface area contributed by atoms with Crippen molar-refractivity contribution in [2.45, 2.75) is 47.0 Å². The van der Waals surface area contributed by atoms with Gasteiger partial charge in [0.1, 0.15) is 0 Å². The topological polar surface area (TPSA) is 28.7 Å². The molecule has 0 unspecified atom stereocenters. The summed E-state index contributed by atoms with van der Waals surface area (Å²) in [6, 6.07) is 6.55. The predicted octanol–water partition coefficient (Wildman–Crippen LogP) is 4.76. The van der Waals surface area contributed by atoms with E-state index in [1.165, 1.54) is 28.7 Å². The average molecular weight is 268 g/mol. The van der Waals surface area contributed by atoms with Crippen molar-refractivity contribution in [2.24, 2.45) is 0 Å². The number of nitrogens with one attached hydrogen (secondary N) is 1. The van der Waals surface area contributed by atoms with Crippen LogP contribution >= 0.6 is 0 Å². The van der Waals surface area contributed by atoms with Crippen LogP contribution in [0, 0.1) is 20.8 Å². The van der Waals surface area contributed by atoms with E-state index in [1.54, 1.807) is 6.33 Å². The van der Waals surface area contributed by atoms with Crippen LogP contribution in [0.2, 0.25) is 0 Å². The highest BCUT2D eigenvalue weighted by Crippen LogP contribution is 2.18. The SMILES string of the molecule is CC(=CCCCc1c(C)cccc1C)c1nc[nH]c1C. The summed E-state index contributed by atoms with van der Waals surface area (Å²) in [4.78, 5) is 7.49. The molecule has 1 N–H and O–H groups in total. The van der Waals surface area contributed by atoms with E-state index in [-0.39, 0.29) is 0 Å². The van der Waals surface area contributed by atoms with Crippen LogP contribution in [-0.4, -0.2) is 9.97 Å². The zero-order valence-electron chi connectivity index (χ0n) is 13.0. The Kier molecular flexibility index (Phi) is 4.78. The summed E-state index contributed by atoms with van der Waals surface area (Å²) < 4.78 is 0. The molecule has 2 nitrogen and oxygen atoms in total. The fourth-order valence-electron chi connectivity index (χ4n) is 2.69. The highest BCUT2D eigenvalue weighted by atomic mass is 14.9. The number of nitrogens with zero attached hydrogens (tertiary/aromatic N) is 1. The van der Waals surface area contributed by atoms with Gasteiger partial charge in [0, 0.05) is 5.69 Å². The molecule has 0 radical (unpaired) electrons. The van der Waals surface area contributed by atoms with Crippen LogP contribution in [0.15, 0.2) is 30.6 Å². The van der Waals surface area contributed by atoms with Gasteiger partial charge < -0.3 is 4.98 Å². The molecule has 2 rings (SSSR count). The van der Waals surface area contributed by atoms with Crippen LogP contribution in [0.25, 0.3) is 5.57 Å². The van der Waals surface area contributed by atoms with Crippen molar-refractivity contribution >= 4 is 5.57 Å². The second-order valence-electron chi connectivity index (χ2n) is 5.53. The maximum atomic E-state index is 4.36. The lowest BCUT2D eigenvalue weighted by Crippen LogP contribution is -1.93. The van der Waals surface area contributed by atoms with E-state index < -0.39 is 0 Å². The molecule has 1 aromatic carbocycles. The van der Waals surface area contributed by atoms with E-state index in [4.69, 9.17) is 0 Å². The third-order valence-electron chi connectivity index (χ3n) is 3.93. The van der Waals surface area contributed by atoms with Crippen LogP contribution in [-0.2, 0) is 6.42 Å². The van der Waals surface area contributed by atoms with Gasteiger partial charge in [0.2, 0.25) is 0 Å². The Bertz CT molecular complexity index is 585. The second kappa shape index (κ2) is 6.56. The average Bonchev–Trinajstić information content (AvgIpc) is 2.83. The number of allylic oxidation sites excluding steroid dienone is 2. The van der Waals surface area contributed by atoms with Crippen molar-refractivity contribution in [1.29, 1.82) is 0 Å². The number of rotatable bonds is 5. The minimum absolute atomic E-state index is 1.09. The van der Waals surface area contributed by atoms with Gasteiger partial charge in [-0.05, 0) is 69.2 Å². The minimum atomic E-state index is 1.09. The van der Waals surface area contributed by atoms with Gasteiger partial charge >= 0.3 is 0 Å². The first-order valence-electron chi connectivity index (χ1n) is 7.31. The molecule has 106 valence electrons. The molecule has 0 aliphatic heterocycles. The van der Waals surface area contributed by atoms with E-state index in [2.05, 4.69) is 61.9 Å². The lowest BCUT2D eigenvalue weighted by molar-refractivity contribution is 0.832. The molecular formula is C18H24N2. The van der Waals surface area contributed by atoms with Crippen LogP contribution in [0.1, 0.15) is 47.8 Å². The molecule has 20 heavy (non-hydrogen) atoms. The summed E-state index contributed by atoms with van der Waals surface area (Å²) >= 11 is 0. The van der Waals surface area contributed by atoms with E-state index in [0.717, 1.165) is 24.2 Å². The zero-order chi connectivity index (χ0) is 14.5. The molecular weight excluding hydrogens is 244 g/mol. The van der Waals surface area contributed by atoms with Crippen molar-refractivity contribution in [2.75, 3.05) is 0 Å². The first kappa shape index (κ1) is 14.6. The maximum absolute atomic E-state index is 4.36. The quantitative estimate of drug-likeness (QED) is 0.778. The van der Waals surface area contributed by atoms with Gasteiger partial charge in [0.15, 0.2) is 0 Å². The molecule has 0 aliphatic rings. The fraction of sp³-hybridized carbons (Fsp3) is 0.389. The molecule has 0 aliphatic carbocycles. The molecule has 0 amide bonds. The van der Waals surface area contributed by atoms with Gasteiger partial charge in [0.05, 0.1) is 12.0 Å². The molecule has 0 fully saturated rings. The molecule has 0 bridgehead atoms. The molecule has 2 heteroatoms. The summed E-state index contributed by atoms with van der Waals surface area (Å²) in [6.07, 6.45) is 7.51. The van der Waals surface area contributed by atoms with E-state index >= 15 is 0 Å². The van der Waals surface area contributed by atoms with Crippen molar-refractivity contribution in [3.8, 4) is 0 Å². The Balaban J connectivity index is 1.92. The Hall–Kier alpha value is -1.83. The van der Waals surface area contributed by atoms with E-state index in [9.17, 15) is 0 Å². The Morgan fingerprint density at radius 1 is 1.20 bits per heavy atom. The first-order valence-corrected chi connectivity index (χ1v) is 7.31. The number of hydrogen-bond donors (Lipinski definition) is 1. The van der Waals surface area contributed by atoms with Crippen LogP contribution in [0.5, 0.6) is 0 Å². The smallest absolute Gasteiger partial charge is 0.0929 e. The number of unbranched alkanes of at least 4 members (excludes halogenated alkanes) is 1. The number of imidazole rings is 1. The lowest BCUT2D eigenvalue weighted by atomic mass is 9.97. The van der Waals surface area contributed by atoms with Crippen LogP contribution < -0.4 is 0 Å². The summed E-state index contributed by atoms with van der Waals surface area (Å²) in [7, 11) is 0. The lowest BCUT2D eigenvalue weighted by Gasteiger charge is -2.08. The summed E-state index contributed by atoms with van der Waals surface area (Å²) in [6.45, 7) is 8.62. The monoisotopic (exact) mass is 268 g/mol. The number of benzene rings is 1. The minimum Gasteiger partial charge on any atom is -0.348 e. The van der Waals surface area contributed by atoms with E-state index in [0.29, 0.717) is 0 Å². The fourth-order valence-corrected chi connectivity index (χ4v) is 2.69. The van der Waals surface area contributed by atoms with Crippen LogP contribution in [0.4, 0.5) is 0 Å². The first-order chi connectivity index (χ1) is 9.59. The molecule has 1 aromatic heterocycles.